The molecule has 0 spiro atoms. The topological polar surface area (TPSA) is 23.8 Å². The lowest BCUT2D eigenvalue weighted by Crippen LogP contribution is -2.27. The molecule has 0 radical (unpaired) electrons. The summed E-state index contributed by atoms with van der Waals surface area (Å²) in [5.41, 5.74) is 2.51. The first-order chi connectivity index (χ1) is 8.13. The fourth-order valence-electron chi connectivity index (χ4n) is 2.74. The molecule has 1 aromatic carbocycles. The second-order valence-electron chi connectivity index (χ2n) is 5.74. The molecule has 1 aliphatic carbocycles. The molecule has 2 rings (SSSR count). The molecule has 0 amide bonds. The standard InChI is InChI=1S/C16H21N/c1-13-3-5-15(6-4-13)11-16(12-17)9-7-14(2)8-10-16/h3-6,14H,7-11H2,1-2H3. The van der Waals surface area contributed by atoms with Gasteiger partial charge in [0.2, 0.25) is 0 Å². The third-order valence-electron chi connectivity index (χ3n) is 4.13. The maximum atomic E-state index is 9.49. The minimum Gasteiger partial charge on any atom is -0.198 e. The van der Waals surface area contributed by atoms with Crippen LogP contribution in [0.15, 0.2) is 24.3 Å². The Balaban J connectivity index is 2.10. The van der Waals surface area contributed by atoms with Crippen molar-refractivity contribution < 1.29 is 0 Å². The monoisotopic (exact) mass is 227 g/mol. The zero-order valence-corrected chi connectivity index (χ0v) is 10.9. The summed E-state index contributed by atoms with van der Waals surface area (Å²) in [4.78, 5) is 0. The Morgan fingerprint density at radius 1 is 1.24 bits per heavy atom. The molecule has 0 unspecified atom stereocenters. The first-order valence-corrected chi connectivity index (χ1v) is 6.60. The summed E-state index contributed by atoms with van der Waals surface area (Å²) in [5, 5.41) is 9.49. The number of nitriles is 1. The van der Waals surface area contributed by atoms with E-state index < -0.39 is 0 Å². The van der Waals surface area contributed by atoms with Crippen LogP contribution < -0.4 is 0 Å². The molecule has 0 N–H and O–H groups in total. The molecule has 1 heteroatoms. The summed E-state index contributed by atoms with van der Waals surface area (Å²) in [6.45, 7) is 4.40. The molecular formula is C16H21N. The van der Waals surface area contributed by atoms with Crippen molar-refractivity contribution >= 4 is 0 Å². The summed E-state index contributed by atoms with van der Waals surface area (Å²) >= 11 is 0. The molecule has 0 bridgehead atoms. The van der Waals surface area contributed by atoms with Gasteiger partial charge in [0.25, 0.3) is 0 Å². The van der Waals surface area contributed by atoms with E-state index in [9.17, 15) is 5.26 Å². The highest BCUT2D eigenvalue weighted by atomic mass is 14.4. The van der Waals surface area contributed by atoms with Gasteiger partial charge in [-0.2, -0.15) is 5.26 Å². The maximum Gasteiger partial charge on any atom is 0.0693 e. The van der Waals surface area contributed by atoms with Gasteiger partial charge in [-0.25, -0.2) is 0 Å². The second-order valence-corrected chi connectivity index (χ2v) is 5.74. The Kier molecular flexibility index (Phi) is 3.52. The number of benzene rings is 1. The van der Waals surface area contributed by atoms with Crippen LogP contribution in [0.5, 0.6) is 0 Å². The van der Waals surface area contributed by atoms with Gasteiger partial charge in [-0.3, -0.25) is 0 Å². The molecule has 1 aliphatic rings. The Morgan fingerprint density at radius 2 is 1.82 bits per heavy atom. The Bertz CT molecular complexity index is 402. The summed E-state index contributed by atoms with van der Waals surface area (Å²) in [6, 6.07) is 11.2. The van der Waals surface area contributed by atoms with Crippen molar-refractivity contribution in [3.63, 3.8) is 0 Å². The van der Waals surface area contributed by atoms with Crippen LogP contribution in [0.1, 0.15) is 43.7 Å². The maximum absolute atomic E-state index is 9.49. The third kappa shape index (κ3) is 2.88. The molecule has 0 aromatic heterocycles. The van der Waals surface area contributed by atoms with Gasteiger partial charge in [-0.05, 0) is 50.5 Å². The first kappa shape index (κ1) is 12.2. The quantitative estimate of drug-likeness (QED) is 0.740. The van der Waals surface area contributed by atoms with E-state index in [1.165, 1.54) is 24.0 Å². The van der Waals surface area contributed by atoms with Crippen molar-refractivity contribution in [3.8, 4) is 6.07 Å². The van der Waals surface area contributed by atoms with Crippen molar-refractivity contribution in [2.24, 2.45) is 11.3 Å². The van der Waals surface area contributed by atoms with Crippen LogP contribution in [0.4, 0.5) is 0 Å². The van der Waals surface area contributed by atoms with Crippen molar-refractivity contribution in [1.29, 1.82) is 5.26 Å². The third-order valence-corrected chi connectivity index (χ3v) is 4.13. The molecular weight excluding hydrogens is 206 g/mol. The van der Waals surface area contributed by atoms with E-state index in [1.807, 2.05) is 0 Å². The molecule has 0 saturated heterocycles. The van der Waals surface area contributed by atoms with Crippen LogP contribution in [-0.4, -0.2) is 0 Å². The number of hydrogen-bond donors (Lipinski definition) is 0. The smallest absolute Gasteiger partial charge is 0.0693 e. The zero-order chi connectivity index (χ0) is 12.3. The molecule has 1 fully saturated rings. The SMILES string of the molecule is Cc1ccc(CC2(C#N)CCC(C)CC2)cc1. The average Bonchev–Trinajstić information content (AvgIpc) is 2.35. The van der Waals surface area contributed by atoms with Crippen molar-refractivity contribution in [3.05, 3.63) is 35.4 Å². The lowest BCUT2D eigenvalue weighted by molar-refractivity contribution is 0.219. The molecule has 1 nitrogen and oxygen atoms in total. The highest BCUT2D eigenvalue weighted by Crippen LogP contribution is 2.40. The van der Waals surface area contributed by atoms with Gasteiger partial charge in [0.05, 0.1) is 11.5 Å². The van der Waals surface area contributed by atoms with Gasteiger partial charge in [-0.1, -0.05) is 36.8 Å². The molecule has 0 heterocycles. The van der Waals surface area contributed by atoms with Gasteiger partial charge in [0.15, 0.2) is 0 Å². The van der Waals surface area contributed by atoms with Crippen molar-refractivity contribution in [1.82, 2.24) is 0 Å². The molecule has 17 heavy (non-hydrogen) atoms. The van der Waals surface area contributed by atoms with Crippen molar-refractivity contribution in [2.45, 2.75) is 46.0 Å². The second kappa shape index (κ2) is 4.92. The minimum atomic E-state index is -0.0955. The van der Waals surface area contributed by atoms with Gasteiger partial charge in [0.1, 0.15) is 0 Å². The van der Waals surface area contributed by atoms with Crippen LogP contribution in [0, 0.1) is 29.6 Å². The van der Waals surface area contributed by atoms with E-state index in [2.05, 4.69) is 44.2 Å². The highest BCUT2D eigenvalue weighted by Gasteiger charge is 2.34. The molecule has 1 saturated carbocycles. The lowest BCUT2D eigenvalue weighted by atomic mass is 9.69. The van der Waals surface area contributed by atoms with Crippen LogP contribution in [0.2, 0.25) is 0 Å². The normalized spacial score (nSPS) is 28.6. The summed E-state index contributed by atoms with van der Waals surface area (Å²) in [7, 11) is 0. The number of aryl methyl sites for hydroxylation is 1. The molecule has 0 aliphatic heterocycles. The summed E-state index contributed by atoms with van der Waals surface area (Å²) < 4.78 is 0. The highest BCUT2D eigenvalue weighted by molar-refractivity contribution is 5.24. The van der Waals surface area contributed by atoms with Crippen LogP contribution in [0.25, 0.3) is 0 Å². The van der Waals surface area contributed by atoms with Gasteiger partial charge in [0, 0.05) is 0 Å². The molecule has 0 atom stereocenters. The van der Waals surface area contributed by atoms with E-state index in [1.54, 1.807) is 0 Å². The predicted octanol–water partition coefficient (Wildman–Crippen LogP) is 4.26. The summed E-state index contributed by atoms with van der Waals surface area (Å²) in [5.74, 6) is 0.800. The predicted molar refractivity (Wildman–Crippen MR) is 70.6 cm³/mol. The Labute approximate surface area is 104 Å². The van der Waals surface area contributed by atoms with E-state index >= 15 is 0 Å². The van der Waals surface area contributed by atoms with Gasteiger partial charge in [-0.15, -0.1) is 0 Å². The van der Waals surface area contributed by atoms with Crippen LogP contribution >= 0.6 is 0 Å². The fourth-order valence-corrected chi connectivity index (χ4v) is 2.74. The van der Waals surface area contributed by atoms with Gasteiger partial charge < -0.3 is 0 Å². The van der Waals surface area contributed by atoms with E-state index in [0.717, 1.165) is 25.2 Å². The van der Waals surface area contributed by atoms with Crippen LogP contribution in [-0.2, 0) is 6.42 Å². The first-order valence-electron chi connectivity index (χ1n) is 6.60. The largest absolute Gasteiger partial charge is 0.198 e. The Morgan fingerprint density at radius 3 is 2.35 bits per heavy atom. The van der Waals surface area contributed by atoms with Crippen molar-refractivity contribution in [2.75, 3.05) is 0 Å². The zero-order valence-electron chi connectivity index (χ0n) is 10.9. The number of nitrogens with zero attached hydrogens (tertiary/aromatic N) is 1. The van der Waals surface area contributed by atoms with E-state index in [4.69, 9.17) is 0 Å². The minimum absolute atomic E-state index is 0.0955. The van der Waals surface area contributed by atoms with E-state index in [0.29, 0.717) is 0 Å². The summed E-state index contributed by atoms with van der Waals surface area (Å²) in [6.07, 6.45) is 5.48. The number of rotatable bonds is 2. The number of hydrogen-bond acceptors (Lipinski definition) is 1. The van der Waals surface area contributed by atoms with Crippen LogP contribution in [0.3, 0.4) is 0 Å². The Hall–Kier alpha value is -1.29. The molecule has 90 valence electrons. The average molecular weight is 227 g/mol. The lowest BCUT2D eigenvalue weighted by Gasteiger charge is -2.33. The molecule has 1 aromatic rings. The van der Waals surface area contributed by atoms with Gasteiger partial charge >= 0.3 is 0 Å². The fraction of sp³-hybridized carbons (Fsp3) is 0.562. The van der Waals surface area contributed by atoms with E-state index in [-0.39, 0.29) is 5.41 Å².